The zero-order valence-corrected chi connectivity index (χ0v) is 65.1. The molecule has 0 aromatic heterocycles. The predicted octanol–water partition coefficient (Wildman–Crippen LogP) is 19.2. The molecule has 2 aliphatic heterocycles. The molecule has 0 unspecified atom stereocenters. The van der Waals surface area contributed by atoms with E-state index in [0.29, 0.717) is 5.56 Å². The van der Waals surface area contributed by atoms with Crippen molar-refractivity contribution in [1.82, 2.24) is 4.90 Å². The summed E-state index contributed by atoms with van der Waals surface area (Å²) in [6, 6.07) is 68.5. The average molecular weight is 1430 g/mol. The van der Waals surface area contributed by atoms with Gasteiger partial charge in [-0.2, -0.15) is 173 Å². The van der Waals surface area contributed by atoms with Gasteiger partial charge in [0.15, 0.2) is 0 Å². The fraction of sp³-hybridized carbons (Fsp3) is 0.271. The number of nitrogens with zero attached hydrogens (tertiary/aromatic N) is 1. The van der Waals surface area contributed by atoms with Gasteiger partial charge in [-0.1, -0.05) is 217 Å². The number of benzene rings is 10. The number of aryl methyl sites for hydroxylation is 12. The van der Waals surface area contributed by atoms with E-state index >= 15 is 0 Å². The van der Waals surface area contributed by atoms with Crippen LogP contribution >= 0.6 is 0 Å². The van der Waals surface area contributed by atoms with Crippen LogP contribution in [-0.2, 0) is 119 Å². The number of rotatable bonds is 6. The van der Waals surface area contributed by atoms with Crippen molar-refractivity contribution in [3.8, 4) is 11.1 Å². The molecule has 92 heavy (non-hydrogen) atoms. The normalized spacial score (nSPS) is 13.8. The van der Waals surface area contributed by atoms with Crippen molar-refractivity contribution in [3.05, 3.63) is 337 Å². The molecule has 0 spiro atoms. The molecule has 3 aliphatic rings. The van der Waals surface area contributed by atoms with E-state index in [1.54, 1.807) is 0 Å². The van der Waals surface area contributed by atoms with Crippen LogP contribution in [0.3, 0.4) is 0 Å². The second-order valence-corrected chi connectivity index (χ2v) is 25.3. The van der Waals surface area contributed by atoms with E-state index in [0.717, 1.165) is 72.3 Å². The van der Waals surface area contributed by atoms with Gasteiger partial charge in [-0.3, -0.25) is 4.79 Å². The van der Waals surface area contributed by atoms with Crippen LogP contribution in [0.4, 0.5) is 0 Å². The third kappa shape index (κ3) is 12.0. The first-order valence-electron chi connectivity index (χ1n) is 30.7. The van der Waals surface area contributed by atoms with Crippen LogP contribution in [0.25, 0.3) is 11.1 Å². The van der Waals surface area contributed by atoms with Crippen molar-refractivity contribution in [1.29, 1.82) is 0 Å². The maximum atomic E-state index is 13.3. The summed E-state index contributed by atoms with van der Waals surface area (Å²) in [5, 5.41) is 0. The van der Waals surface area contributed by atoms with Gasteiger partial charge in [-0.15, -0.1) is 33.4 Å². The molecule has 0 fully saturated rings. The van der Waals surface area contributed by atoms with Crippen LogP contribution in [0, 0.1) is 161 Å². The van der Waals surface area contributed by atoms with Crippen molar-refractivity contribution in [2.75, 3.05) is 7.05 Å². The number of fused-ring (bicyclic) bond motifs is 5. The molecule has 461 valence electrons. The third-order valence-corrected chi connectivity index (χ3v) is 20.4. The molecule has 0 bridgehead atoms. The van der Waals surface area contributed by atoms with Gasteiger partial charge in [0.1, 0.15) is 5.60 Å². The number of hydrogen-bond donors (Lipinski definition) is 0. The minimum absolute atomic E-state index is 0. The number of ether oxygens (including phenoxy) is 1. The SMILES string of the molecule is C.Cc1[c-]c(C2(c3[c-]c(C)c(C)c(C)c3)OC(=O)c3ccccc32)cc(C)c1C.Cc1[c-]c(C2(c3[c-]c(C)c(C)c(C)c3)c3ccccc3-c3ccccc32)cc(C)c1C.Cc1[c-]c(C2(c3[c-]c(C)c(C)c(C)c3)c3ccccc3C(=O)N2C)cc(C)c1C.[Y].[Y].[Y]. The molecule has 0 N–H and O–H groups in total. The predicted molar refractivity (Wildman–Crippen MR) is 365 cm³/mol. The summed E-state index contributed by atoms with van der Waals surface area (Å²) < 4.78 is 6.19. The monoisotopic (exact) mass is 1430 g/mol. The second-order valence-electron chi connectivity index (χ2n) is 25.3. The molecule has 2 heterocycles. The van der Waals surface area contributed by atoms with Crippen LogP contribution in [0.15, 0.2) is 133 Å². The first kappa shape index (κ1) is 73.9. The smallest absolute Gasteiger partial charge is 0.340 e. The summed E-state index contributed by atoms with van der Waals surface area (Å²) >= 11 is 0. The zero-order chi connectivity index (χ0) is 63.2. The maximum Gasteiger partial charge on any atom is 0.340 e. The average Bonchev–Trinajstić information content (AvgIpc) is 1.52. The molecule has 7 heteroatoms. The quantitative estimate of drug-likeness (QED) is 0.123. The van der Waals surface area contributed by atoms with Gasteiger partial charge < -0.3 is 9.64 Å². The van der Waals surface area contributed by atoms with E-state index in [9.17, 15) is 9.59 Å². The fourth-order valence-corrected chi connectivity index (χ4v) is 13.9. The van der Waals surface area contributed by atoms with E-state index < -0.39 is 16.6 Å². The molecule has 0 saturated carbocycles. The van der Waals surface area contributed by atoms with Gasteiger partial charge in [-0.05, 0) is 39.9 Å². The number of carbonyl (C=O) groups is 2. The number of hydrogen-bond acceptors (Lipinski definition) is 3. The van der Waals surface area contributed by atoms with Gasteiger partial charge >= 0.3 is 5.97 Å². The molecular weight excluding hydrogens is 1350 g/mol. The van der Waals surface area contributed by atoms with Crippen molar-refractivity contribution in [3.63, 3.8) is 0 Å². The van der Waals surface area contributed by atoms with Gasteiger partial charge in [0, 0.05) is 122 Å². The maximum absolute atomic E-state index is 13.3. The molecule has 1 amide bonds. The minimum Gasteiger partial charge on any atom is -0.445 e. The third-order valence-electron chi connectivity index (χ3n) is 20.4. The Bertz CT molecular complexity index is 4190. The molecule has 10 aromatic carbocycles. The molecule has 4 nitrogen and oxygen atoms in total. The first-order valence-corrected chi connectivity index (χ1v) is 30.7. The standard InChI is InChI=1S/C31H28.C27H27NO.C26H24O2.CH4.3Y/c1-19-15-25(16-20(2)23(19)5)31(26-17-21(3)24(6)22(4)18-26)29-13-9-7-11-27(29)28-12-8-10-14-30(28)31;1-16-12-22(13-17(2)20(16)5)27(23-14-18(3)21(6)19(4)15-23)25-11-9-8-10-24(25)26(29)28(27)7;1-15-11-21(12-16(2)19(15)5)26(22-13-17(3)20(6)18(4)14-22)24-10-8-7-9-23(24)25(27)28-26;;;;/h7-15,17H,1-6H3;8-12,14H,1-7H3;7-11,13H,1-6H3;1H4;;;/q3*-2;;;;. The number of cyclic esters (lactones) is 1. The number of esters is 1. The summed E-state index contributed by atoms with van der Waals surface area (Å²) in [4.78, 5) is 28.1. The van der Waals surface area contributed by atoms with Crippen LogP contribution in [-0.4, -0.2) is 23.8 Å². The van der Waals surface area contributed by atoms with Gasteiger partial charge in [0.25, 0.3) is 5.91 Å². The van der Waals surface area contributed by atoms with E-state index in [2.05, 4.69) is 252 Å². The van der Waals surface area contributed by atoms with Crippen molar-refractivity contribution >= 4 is 11.9 Å². The molecule has 0 atom stereocenters. The molecule has 13 rings (SSSR count). The fourth-order valence-electron chi connectivity index (χ4n) is 13.9. The molecule has 3 radical (unpaired) electrons. The Hall–Kier alpha value is -5.55. The minimum atomic E-state index is -1.03. The van der Waals surface area contributed by atoms with Gasteiger partial charge in [0.2, 0.25) is 0 Å². The summed E-state index contributed by atoms with van der Waals surface area (Å²) in [5.41, 5.74) is 34.1. The van der Waals surface area contributed by atoms with E-state index in [4.69, 9.17) is 4.74 Å². The Balaban J connectivity index is 0.000000192. The topological polar surface area (TPSA) is 46.6 Å². The zero-order valence-electron chi connectivity index (χ0n) is 56.6. The van der Waals surface area contributed by atoms with Crippen molar-refractivity contribution in [2.24, 2.45) is 0 Å². The van der Waals surface area contributed by atoms with E-state index in [-0.39, 0.29) is 117 Å². The first-order chi connectivity index (χ1) is 41.8. The summed E-state index contributed by atoms with van der Waals surface area (Å²) in [5.74, 6) is -0.265. The van der Waals surface area contributed by atoms with Crippen molar-refractivity contribution < 1.29 is 112 Å². The Morgan fingerprint density at radius 3 is 0.935 bits per heavy atom. The van der Waals surface area contributed by atoms with Gasteiger partial charge in [0.05, 0.1) is 11.1 Å². The van der Waals surface area contributed by atoms with Crippen LogP contribution < -0.4 is 0 Å². The van der Waals surface area contributed by atoms with E-state index in [1.807, 2.05) is 54.4 Å². The molecular formula is C85H83NO3Y3-6. The Labute approximate surface area is 625 Å². The summed E-state index contributed by atoms with van der Waals surface area (Å²) in [7, 11) is 1.90. The van der Waals surface area contributed by atoms with E-state index in [1.165, 1.54) is 100 Å². The molecule has 10 aromatic rings. The van der Waals surface area contributed by atoms with Crippen LogP contribution in [0.5, 0.6) is 0 Å². The second kappa shape index (κ2) is 28.4. The molecule has 1 aliphatic carbocycles. The summed E-state index contributed by atoms with van der Waals surface area (Å²) in [6.45, 7) is 38.4. The van der Waals surface area contributed by atoms with Crippen LogP contribution in [0.2, 0.25) is 0 Å². The number of amides is 1. The Morgan fingerprint density at radius 1 is 0.326 bits per heavy atom. The van der Waals surface area contributed by atoms with Gasteiger partial charge in [-0.25, -0.2) is 4.79 Å². The largest absolute Gasteiger partial charge is 0.445 e. The van der Waals surface area contributed by atoms with Crippen molar-refractivity contribution in [2.45, 2.75) is 149 Å². The Morgan fingerprint density at radius 2 is 0.587 bits per heavy atom. The Kier molecular flexibility index (Phi) is 22.8. The van der Waals surface area contributed by atoms with Crippen LogP contribution in [0.1, 0.15) is 184 Å². The summed E-state index contributed by atoms with van der Waals surface area (Å²) in [6.07, 6.45) is 0. The molecule has 0 saturated heterocycles. The number of carbonyl (C=O) groups excluding carboxylic acids is 2.